The number of benzene rings is 2. The van der Waals surface area contributed by atoms with Crippen LogP contribution in [-0.4, -0.2) is 36.7 Å². The molecule has 0 amide bonds. The maximum atomic E-state index is 12.7. The zero-order chi connectivity index (χ0) is 24.3. The minimum absolute atomic E-state index is 0.180. The van der Waals surface area contributed by atoms with E-state index in [-0.39, 0.29) is 4.90 Å². The van der Waals surface area contributed by atoms with Gasteiger partial charge in [-0.2, -0.15) is 10.1 Å². The van der Waals surface area contributed by atoms with E-state index in [1.807, 2.05) is 42.4 Å². The van der Waals surface area contributed by atoms with E-state index in [4.69, 9.17) is 0 Å². The second kappa shape index (κ2) is 9.40. The molecule has 1 aromatic heterocycles. The number of rotatable bonds is 7. The fraction of sp³-hybridized carbons (Fsp3) is 0.292. The van der Waals surface area contributed by atoms with Crippen molar-refractivity contribution in [3.05, 3.63) is 60.3 Å². The molecule has 0 unspecified atom stereocenters. The van der Waals surface area contributed by atoms with Crippen LogP contribution in [-0.2, 0) is 10.0 Å². The van der Waals surface area contributed by atoms with E-state index >= 15 is 0 Å². The molecule has 3 aromatic rings. The molecule has 1 aliphatic heterocycles. The molecule has 10 heteroatoms. The Labute approximate surface area is 200 Å². The topological polar surface area (TPSA) is 112 Å². The number of anilines is 5. The summed E-state index contributed by atoms with van der Waals surface area (Å²) in [5.74, 6) is 1.01. The molecule has 2 aromatic carbocycles. The zero-order valence-electron chi connectivity index (χ0n) is 19.7. The summed E-state index contributed by atoms with van der Waals surface area (Å²) in [7, 11) is -3.65. The van der Waals surface area contributed by atoms with Crippen molar-refractivity contribution in [2.75, 3.05) is 22.2 Å². The first-order valence-corrected chi connectivity index (χ1v) is 12.5. The quantitative estimate of drug-likeness (QED) is 0.456. The van der Waals surface area contributed by atoms with Gasteiger partial charge in [0.25, 0.3) is 0 Å². The van der Waals surface area contributed by atoms with Crippen molar-refractivity contribution in [1.82, 2.24) is 14.7 Å². The Morgan fingerprint density at radius 3 is 2.44 bits per heavy atom. The Hall–Kier alpha value is -3.50. The number of hydrogen-bond donors (Lipinski definition) is 3. The molecule has 9 nitrogen and oxygen atoms in total. The Kier molecular flexibility index (Phi) is 6.54. The molecule has 0 aliphatic carbocycles. The predicted molar refractivity (Wildman–Crippen MR) is 137 cm³/mol. The summed E-state index contributed by atoms with van der Waals surface area (Å²) in [5, 5.41) is 12.7. The number of hydrogen-bond acceptors (Lipinski definition) is 8. The van der Waals surface area contributed by atoms with Crippen LogP contribution in [0.25, 0.3) is 0 Å². The first-order valence-electron chi connectivity index (χ1n) is 11.0. The van der Waals surface area contributed by atoms with Crippen LogP contribution in [0.1, 0.15) is 32.8 Å². The largest absolute Gasteiger partial charge is 0.340 e. The molecule has 3 N–H and O–H groups in total. The van der Waals surface area contributed by atoms with E-state index in [2.05, 4.69) is 30.4 Å². The monoisotopic (exact) mass is 479 g/mol. The summed E-state index contributed by atoms with van der Waals surface area (Å²) in [6, 6.07) is 14.5. The van der Waals surface area contributed by atoms with E-state index in [1.165, 1.54) is 0 Å². The standard InChI is InChI=1S/C24H29N7O2S/c1-17-16-25-23(28-18-9-11-20(12-10-18)31-14-6-13-26-31)29-22(17)27-19-7-5-8-21(15-19)34(32,33)30-24(2,3)4/h5,7-13,15-16,30H,6,14H2,1-4H3,(H2,25,27,28,29). The lowest BCUT2D eigenvalue weighted by atomic mass is 10.1. The van der Waals surface area contributed by atoms with Gasteiger partial charge in [0.15, 0.2) is 0 Å². The van der Waals surface area contributed by atoms with E-state index < -0.39 is 15.6 Å². The van der Waals surface area contributed by atoms with E-state index in [9.17, 15) is 8.42 Å². The van der Waals surface area contributed by atoms with E-state index in [0.717, 1.165) is 29.9 Å². The fourth-order valence-electron chi connectivity index (χ4n) is 3.40. The smallest absolute Gasteiger partial charge is 0.241 e. The van der Waals surface area contributed by atoms with E-state index in [0.29, 0.717) is 17.5 Å². The number of nitrogens with zero attached hydrogens (tertiary/aromatic N) is 4. The fourth-order valence-corrected chi connectivity index (χ4v) is 4.87. The summed E-state index contributed by atoms with van der Waals surface area (Å²) in [6.45, 7) is 8.19. The van der Waals surface area contributed by atoms with Gasteiger partial charge in [0.2, 0.25) is 16.0 Å². The van der Waals surface area contributed by atoms with Crippen LogP contribution < -0.4 is 20.4 Å². The summed E-state index contributed by atoms with van der Waals surface area (Å²) in [4.78, 5) is 9.13. The molecular formula is C24H29N7O2S. The van der Waals surface area contributed by atoms with Crippen LogP contribution in [0.4, 0.5) is 28.8 Å². The highest BCUT2D eigenvalue weighted by atomic mass is 32.2. The molecule has 0 saturated heterocycles. The lowest BCUT2D eigenvalue weighted by molar-refractivity contribution is 0.491. The van der Waals surface area contributed by atoms with Crippen molar-refractivity contribution in [2.45, 2.75) is 44.6 Å². The van der Waals surface area contributed by atoms with Gasteiger partial charge in [-0.3, -0.25) is 5.01 Å². The van der Waals surface area contributed by atoms with Crippen molar-refractivity contribution in [3.63, 3.8) is 0 Å². The maximum Gasteiger partial charge on any atom is 0.241 e. The SMILES string of the molecule is Cc1cnc(Nc2ccc(N3CCC=N3)cc2)nc1Nc1cccc(S(=O)(=O)NC(C)(C)C)c1. The lowest BCUT2D eigenvalue weighted by Gasteiger charge is -2.20. The normalized spacial score (nSPS) is 13.8. The van der Waals surface area contributed by atoms with Gasteiger partial charge in [-0.25, -0.2) is 18.1 Å². The molecule has 0 atom stereocenters. The van der Waals surface area contributed by atoms with Gasteiger partial charge in [0.1, 0.15) is 5.82 Å². The van der Waals surface area contributed by atoms with Crippen LogP contribution in [0.2, 0.25) is 0 Å². The molecule has 4 rings (SSSR count). The Morgan fingerprint density at radius 2 is 1.76 bits per heavy atom. The van der Waals surface area contributed by atoms with Gasteiger partial charge in [-0.15, -0.1) is 0 Å². The molecule has 1 aliphatic rings. The first kappa shape index (κ1) is 23.7. The Morgan fingerprint density at radius 1 is 1.00 bits per heavy atom. The predicted octanol–water partition coefficient (Wildman–Crippen LogP) is 4.54. The number of sulfonamides is 1. The molecule has 178 valence electrons. The lowest BCUT2D eigenvalue weighted by Crippen LogP contribution is -2.40. The number of hydrazone groups is 1. The highest BCUT2D eigenvalue weighted by Crippen LogP contribution is 2.25. The van der Waals surface area contributed by atoms with Crippen LogP contribution in [0, 0.1) is 6.92 Å². The van der Waals surface area contributed by atoms with Crippen molar-refractivity contribution < 1.29 is 8.42 Å². The summed E-state index contributed by atoms with van der Waals surface area (Å²) < 4.78 is 28.1. The number of nitrogens with one attached hydrogen (secondary N) is 3. The van der Waals surface area contributed by atoms with Crippen LogP contribution >= 0.6 is 0 Å². The third-order valence-electron chi connectivity index (χ3n) is 4.93. The summed E-state index contributed by atoms with van der Waals surface area (Å²) in [5.41, 5.74) is 2.74. The summed E-state index contributed by atoms with van der Waals surface area (Å²) in [6.07, 6.45) is 4.58. The minimum atomic E-state index is -3.65. The van der Waals surface area contributed by atoms with Gasteiger partial charge < -0.3 is 10.6 Å². The molecule has 34 heavy (non-hydrogen) atoms. The van der Waals surface area contributed by atoms with Gasteiger partial charge >= 0.3 is 0 Å². The first-order chi connectivity index (χ1) is 16.1. The van der Waals surface area contributed by atoms with E-state index in [1.54, 1.807) is 51.2 Å². The van der Waals surface area contributed by atoms with Gasteiger partial charge in [-0.1, -0.05) is 6.07 Å². The number of aryl methyl sites for hydroxylation is 1. The van der Waals surface area contributed by atoms with Gasteiger partial charge in [0.05, 0.1) is 10.6 Å². The third kappa shape index (κ3) is 5.89. The van der Waals surface area contributed by atoms with Gasteiger partial charge in [-0.05, 0) is 70.2 Å². The van der Waals surface area contributed by atoms with Crippen molar-refractivity contribution in [3.8, 4) is 0 Å². The molecule has 0 bridgehead atoms. The van der Waals surface area contributed by atoms with Gasteiger partial charge in [0, 0.05) is 47.9 Å². The van der Waals surface area contributed by atoms with Crippen LogP contribution in [0.15, 0.2) is 64.7 Å². The second-order valence-corrected chi connectivity index (χ2v) is 10.8. The molecule has 0 saturated carbocycles. The molecule has 0 radical (unpaired) electrons. The highest BCUT2D eigenvalue weighted by molar-refractivity contribution is 7.89. The Bertz CT molecular complexity index is 1300. The number of aromatic nitrogens is 2. The average molecular weight is 480 g/mol. The van der Waals surface area contributed by atoms with Crippen molar-refractivity contribution in [1.29, 1.82) is 0 Å². The molecule has 0 spiro atoms. The van der Waals surface area contributed by atoms with Crippen LogP contribution in [0.3, 0.4) is 0 Å². The minimum Gasteiger partial charge on any atom is -0.340 e. The zero-order valence-corrected chi connectivity index (χ0v) is 20.5. The second-order valence-electron chi connectivity index (χ2n) is 9.12. The highest BCUT2D eigenvalue weighted by Gasteiger charge is 2.22. The third-order valence-corrected chi connectivity index (χ3v) is 6.69. The molecule has 0 fully saturated rings. The van der Waals surface area contributed by atoms with Crippen molar-refractivity contribution >= 4 is 45.1 Å². The average Bonchev–Trinajstić information content (AvgIpc) is 3.30. The maximum absolute atomic E-state index is 12.7. The summed E-state index contributed by atoms with van der Waals surface area (Å²) >= 11 is 0. The Balaban J connectivity index is 1.50. The van der Waals surface area contributed by atoms with Crippen LogP contribution in [0.5, 0.6) is 0 Å². The van der Waals surface area contributed by atoms with Crippen molar-refractivity contribution in [2.24, 2.45) is 5.10 Å². The molecule has 2 heterocycles. The molecular weight excluding hydrogens is 450 g/mol.